The van der Waals surface area contributed by atoms with Crippen molar-refractivity contribution in [2.24, 2.45) is 11.8 Å². The van der Waals surface area contributed by atoms with E-state index in [0.29, 0.717) is 18.4 Å². The van der Waals surface area contributed by atoms with E-state index in [2.05, 4.69) is 5.32 Å². The van der Waals surface area contributed by atoms with Crippen LogP contribution in [0.2, 0.25) is 0 Å². The van der Waals surface area contributed by atoms with E-state index in [4.69, 9.17) is 0 Å². The molecule has 1 saturated heterocycles. The van der Waals surface area contributed by atoms with Crippen LogP contribution in [0, 0.1) is 11.8 Å². The van der Waals surface area contributed by atoms with E-state index in [9.17, 15) is 26.3 Å². The van der Waals surface area contributed by atoms with Crippen molar-refractivity contribution in [1.82, 2.24) is 5.32 Å². The molecule has 0 aromatic rings. The van der Waals surface area contributed by atoms with Gasteiger partial charge < -0.3 is 5.32 Å². The molecule has 2 fully saturated rings. The SMILES string of the molecule is CC.FC(F)(F)C(CCCC1CC2CC2N1)C(F)(F)F. The maximum atomic E-state index is 12.3. The van der Waals surface area contributed by atoms with Crippen LogP contribution in [0.15, 0.2) is 0 Å². The molecule has 0 aromatic heterocycles. The first-order valence-electron chi connectivity index (χ1n) is 7.07. The fourth-order valence-corrected chi connectivity index (χ4v) is 2.73. The Morgan fingerprint density at radius 1 is 1.00 bits per heavy atom. The molecular weight excluding hydrogens is 284 g/mol. The fourth-order valence-electron chi connectivity index (χ4n) is 2.73. The first-order chi connectivity index (χ1) is 9.18. The molecule has 120 valence electrons. The van der Waals surface area contributed by atoms with Crippen molar-refractivity contribution in [2.45, 2.75) is 70.4 Å². The molecule has 0 radical (unpaired) electrons. The zero-order valence-electron chi connectivity index (χ0n) is 11.6. The smallest absolute Gasteiger partial charge is 0.311 e. The van der Waals surface area contributed by atoms with E-state index in [0.717, 1.165) is 12.8 Å². The molecule has 1 aliphatic carbocycles. The molecule has 0 bridgehead atoms. The van der Waals surface area contributed by atoms with Crippen LogP contribution in [0.3, 0.4) is 0 Å². The molecule has 3 atom stereocenters. The van der Waals surface area contributed by atoms with Crippen molar-refractivity contribution >= 4 is 0 Å². The van der Waals surface area contributed by atoms with Gasteiger partial charge in [0.15, 0.2) is 5.92 Å². The largest absolute Gasteiger partial charge is 0.400 e. The minimum atomic E-state index is -5.19. The summed E-state index contributed by atoms with van der Waals surface area (Å²) in [7, 11) is 0. The molecule has 3 unspecified atom stereocenters. The molecule has 1 heterocycles. The number of hydrogen-bond acceptors (Lipinski definition) is 1. The van der Waals surface area contributed by atoms with Crippen molar-refractivity contribution < 1.29 is 26.3 Å². The van der Waals surface area contributed by atoms with E-state index in [-0.39, 0.29) is 12.5 Å². The highest BCUT2D eigenvalue weighted by molar-refractivity contribution is 5.03. The van der Waals surface area contributed by atoms with Gasteiger partial charge in [-0.15, -0.1) is 0 Å². The van der Waals surface area contributed by atoms with E-state index in [1.165, 1.54) is 0 Å². The second-order valence-corrected chi connectivity index (χ2v) is 5.27. The minimum absolute atomic E-state index is 0.0409. The molecule has 1 nitrogen and oxygen atoms in total. The summed E-state index contributed by atoms with van der Waals surface area (Å²) in [4.78, 5) is 0. The van der Waals surface area contributed by atoms with Gasteiger partial charge in [0.05, 0.1) is 0 Å². The van der Waals surface area contributed by atoms with Gasteiger partial charge >= 0.3 is 12.4 Å². The van der Waals surface area contributed by atoms with Crippen LogP contribution in [-0.4, -0.2) is 24.4 Å². The first kappa shape index (κ1) is 17.6. The van der Waals surface area contributed by atoms with Crippen LogP contribution in [0.5, 0.6) is 0 Å². The highest BCUT2D eigenvalue weighted by atomic mass is 19.4. The highest BCUT2D eigenvalue weighted by Gasteiger charge is 2.55. The van der Waals surface area contributed by atoms with E-state index in [1.807, 2.05) is 13.8 Å². The van der Waals surface area contributed by atoms with Gasteiger partial charge in [0.1, 0.15) is 0 Å². The average molecular weight is 305 g/mol. The van der Waals surface area contributed by atoms with Crippen LogP contribution >= 0.6 is 0 Å². The lowest BCUT2D eigenvalue weighted by atomic mass is 9.97. The molecular formula is C13H21F6N. The molecule has 0 aromatic carbocycles. The van der Waals surface area contributed by atoms with Crippen molar-refractivity contribution in [3.63, 3.8) is 0 Å². The summed E-state index contributed by atoms with van der Waals surface area (Å²) < 4.78 is 73.5. The van der Waals surface area contributed by atoms with Gasteiger partial charge in [-0.3, -0.25) is 0 Å². The molecule has 0 spiro atoms. The summed E-state index contributed by atoms with van der Waals surface area (Å²) in [6.07, 6.45) is -8.89. The average Bonchev–Trinajstić information content (AvgIpc) is 2.92. The second-order valence-electron chi connectivity index (χ2n) is 5.27. The number of hydrogen-bond donors (Lipinski definition) is 1. The third kappa shape index (κ3) is 4.82. The fraction of sp³-hybridized carbons (Fsp3) is 1.00. The first-order valence-corrected chi connectivity index (χ1v) is 7.07. The number of piperidine rings is 1. The molecule has 7 heteroatoms. The van der Waals surface area contributed by atoms with Crippen molar-refractivity contribution in [3.8, 4) is 0 Å². The summed E-state index contributed by atoms with van der Waals surface area (Å²) >= 11 is 0. The standard InChI is InChI=1S/C11H15F6N.C2H6/c12-10(13,14)9(11(15,16)17)3-1-2-7-4-6-5-8(6)18-7;1-2/h6-9,18H,1-5H2;1-2H3. The Labute approximate surface area is 115 Å². The zero-order valence-corrected chi connectivity index (χ0v) is 11.6. The van der Waals surface area contributed by atoms with Gasteiger partial charge in [-0.25, -0.2) is 0 Å². The number of halogens is 6. The van der Waals surface area contributed by atoms with Crippen molar-refractivity contribution in [1.29, 1.82) is 0 Å². The van der Waals surface area contributed by atoms with Gasteiger partial charge in [0.25, 0.3) is 0 Å². The predicted molar refractivity (Wildman–Crippen MR) is 64.2 cm³/mol. The Morgan fingerprint density at radius 2 is 1.55 bits per heavy atom. The lowest BCUT2D eigenvalue weighted by molar-refractivity contribution is -0.285. The lowest BCUT2D eigenvalue weighted by Gasteiger charge is -2.23. The Morgan fingerprint density at radius 3 is 1.95 bits per heavy atom. The van der Waals surface area contributed by atoms with E-state index >= 15 is 0 Å². The van der Waals surface area contributed by atoms with E-state index in [1.54, 1.807) is 0 Å². The summed E-state index contributed by atoms with van der Waals surface area (Å²) in [5.74, 6) is -2.57. The zero-order chi connectivity index (χ0) is 15.6. The lowest BCUT2D eigenvalue weighted by Crippen LogP contribution is -2.36. The second kappa shape index (κ2) is 6.54. The molecule has 1 N–H and O–H groups in total. The number of rotatable bonds is 4. The van der Waals surface area contributed by atoms with E-state index < -0.39 is 24.7 Å². The summed E-state index contributed by atoms with van der Waals surface area (Å²) in [6.45, 7) is 4.00. The minimum Gasteiger partial charge on any atom is -0.311 e. The summed E-state index contributed by atoms with van der Waals surface area (Å²) in [5.41, 5.74) is 0. The van der Waals surface area contributed by atoms with Gasteiger partial charge in [0.2, 0.25) is 0 Å². The van der Waals surface area contributed by atoms with Crippen LogP contribution in [-0.2, 0) is 0 Å². The quantitative estimate of drug-likeness (QED) is 0.744. The number of fused-ring (bicyclic) bond motifs is 1. The van der Waals surface area contributed by atoms with Crippen LogP contribution in [0.4, 0.5) is 26.3 Å². The number of nitrogens with one attached hydrogen (secondary N) is 1. The molecule has 0 amide bonds. The maximum absolute atomic E-state index is 12.3. The molecule has 2 aliphatic rings. The number of alkyl halides is 6. The van der Waals surface area contributed by atoms with Crippen molar-refractivity contribution in [3.05, 3.63) is 0 Å². The third-order valence-electron chi connectivity index (χ3n) is 3.80. The van der Waals surface area contributed by atoms with Gasteiger partial charge in [-0.1, -0.05) is 20.3 Å². The molecule has 1 aliphatic heterocycles. The molecule has 20 heavy (non-hydrogen) atoms. The third-order valence-corrected chi connectivity index (χ3v) is 3.80. The Bertz CT molecular complexity index is 274. The summed E-state index contributed by atoms with van der Waals surface area (Å²) in [6, 6.07) is 0.576. The van der Waals surface area contributed by atoms with Gasteiger partial charge in [0, 0.05) is 12.1 Å². The Kier molecular flexibility index (Phi) is 5.75. The normalized spacial score (nSPS) is 28.9. The van der Waals surface area contributed by atoms with Crippen molar-refractivity contribution in [2.75, 3.05) is 0 Å². The summed E-state index contributed by atoms with van der Waals surface area (Å²) in [5, 5.41) is 3.22. The predicted octanol–water partition coefficient (Wildman–Crippen LogP) is 4.67. The van der Waals surface area contributed by atoms with Gasteiger partial charge in [-0.05, 0) is 31.6 Å². The van der Waals surface area contributed by atoms with Crippen LogP contribution in [0.25, 0.3) is 0 Å². The van der Waals surface area contributed by atoms with Gasteiger partial charge in [-0.2, -0.15) is 26.3 Å². The van der Waals surface area contributed by atoms with Crippen LogP contribution in [0.1, 0.15) is 46.0 Å². The highest BCUT2D eigenvalue weighted by Crippen LogP contribution is 2.44. The Balaban J connectivity index is 0.000000956. The Hall–Kier alpha value is -0.460. The maximum Gasteiger partial charge on any atom is 0.400 e. The molecule has 2 rings (SSSR count). The topological polar surface area (TPSA) is 12.0 Å². The molecule has 1 saturated carbocycles. The monoisotopic (exact) mass is 305 g/mol. The van der Waals surface area contributed by atoms with Crippen LogP contribution < -0.4 is 5.32 Å².